The summed E-state index contributed by atoms with van der Waals surface area (Å²) < 4.78 is 0. The fraction of sp³-hybridized carbons (Fsp3) is 1.00. The molecule has 0 aliphatic heterocycles. The molecule has 0 heterocycles. The number of rotatable bonds is 1. The van der Waals surface area contributed by atoms with Gasteiger partial charge in [0.1, 0.15) is 0 Å². The molecule has 0 aromatic heterocycles. The molecule has 0 saturated heterocycles. The van der Waals surface area contributed by atoms with Gasteiger partial charge >= 0.3 is 0 Å². The minimum absolute atomic E-state index is 0.319. The Kier molecular flexibility index (Phi) is 7.96. The first-order valence-corrected chi connectivity index (χ1v) is 4.67. The Hall–Kier alpha value is -0.0800. The predicted octanol–water partition coefficient (Wildman–Crippen LogP) is 1.67. The molecule has 0 radical (unpaired) electrons. The summed E-state index contributed by atoms with van der Waals surface area (Å²) in [5, 5.41) is 7.88. The maximum absolute atomic E-state index is 7.88. The van der Waals surface area contributed by atoms with Crippen LogP contribution in [0.25, 0.3) is 0 Å². The number of aliphatic hydroxyl groups is 1. The van der Waals surface area contributed by atoms with Gasteiger partial charge in [-0.05, 0) is 19.3 Å². The van der Waals surface area contributed by atoms with Crippen LogP contribution in [0, 0.1) is 0 Å². The highest BCUT2D eigenvalue weighted by Crippen LogP contribution is 2.14. The lowest BCUT2D eigenvalue weighted by Crippen LogP contribution is -2.22. The van der Waals surface area contributed by atoms with Gasteiger partial charge in [-0.25, -0.2) is 0 Å². The van der Waals surface area contributed by atoms with E-state index in [0.717, 1.165) is 6.42 Å². The summed E-state index contributed by atoms with van der Waals surface area (Å²) in [6, 6.07) is 0.536. The van der Waals surface area contributed by atoms with Crippen LogP contribution in [0.15, 0.2) is 0 Å². The summed E-state index contributed by atoms with van der Waals surface area (Å²) in [7, 11) is 0. The van der Waals surface area contributed by atoms with Crippen molar-refractivity contribution in [2.75, 3.05) is 6.61 Å². The quantitative estimate of drug-likeness (QED) is 0.611. The van der Waals surface area contributed by atoms with Crippen molar-refractivity contribution in [3.8, 4) is 0 Å². The minimum Gasteiger partial charge on any atom is -0.396 e. The van der Waals surface area contributed by atoms with Crippen molar-refractivity contribution < 1.29 is 5.11 Å². The summed E-state index contributed by atoms with van der Waals surface area (Å²) in [6.07, 6.45) is 7.54. The molecular weight excluding hydrogens is 138 g/mol. The maximum atomic E-state index is 7.88. The lowest BCUT2D eigenvalue weighted by molar-refractivity contribution is 0.295. The lowest BCUT2D eigenvalue weighted by atomic mass is 9.97. The average Bonchev–Trinajstić information content (AvgIpc) is 2.07. The Morgan fingerprint density at radius 3 is 1.91 bits per heavy atom. The van der Waals surface area contributed by atoms with E-state index in [0.29, 0.717) is 12.6 Å². The SMILES string of the molecule is CCCO.NC1CCCCC1. The van der Waals surface area contributed by atoms with Crippen LogP contribution < -0.4 is 5.73 Å². The van der Waals surface area contributed by atoms with Crippen LogP contribution in [0.4, 0.5) is 0 Å². The Balaban J connectivity index is 0.000000218. The van der Waals surface area contributed by atoms with E-state index in [1.54, 1.807) is 0 Å². The third-order valence-electron chi connectivity index (χ3n) is 1.87. The van der Waals surface area contributed by atoms with E-state index in [2.05, 4.69) is 0 Å². The van der Waals surface area contributed by atoms with Gasteiger partial charge in [0.15, 0.2) is 0 Å². The fourth-order valence-electron chi connectivity index (χ4n) is 1.13. The predicted molar refractivity (Wildman–Crippen MR) is 48.4 cm³/mol. The monoisotopic (exact) mass is 159 g/mol. The summed E-state index contributed by atoms with van der Waals surface area (Å²) in [5.41, 5.74) is 5.63. The second-order valence-corrected chi connectivity index (χ2v) is 3.12. The molecule has 2 nitrogen and oxygen atoms in total. The van der Waals surface area contributed by atoms with Crippen LogP contribution in [0.2, 0.25) is 0 Å². The van der Waals surface area contributed by atoms with E-state index in [-0.39, 0.29) is 0 Å². The first-order valence-electron chi connectivity index (χ1n) is 4.67. The third-order valence-corrected chi connectivity index (χ3v) is 1.87. The second kappa shape index (κ2) is 8.02. The van der Waals surface area contributed by atoms with E-state index in [1.807, 2.05) is 6.92 Å². The first-order chi connectivity index (χ1) is 5.31. The van der Waals surface area contributed by atoms with E-state index < -0.39 is 0 Å². The van der Waals surface area contributed by atoms with Crippen molar-refractivity contribution in [2.24, 2.45) is 5.73 Å². The van der Waals surface area contributed by atoms with Gasteiger partial charge in [-0.2, -0.15) is 0 Å². The van der Waals surface area contributed by atoms with Gasteiger partial charge in [0, 0.05) is 12.6 Å². The van der Waals surface area contributed by atoms with E-state index in [4.69, 9.17) is 10.8 Å². The molecule has 1 aliphatic carbocycles. The smallest absolute Gasteiger partial charge is 0.0428 e. The summed E-state index contributed by atoms with van der Waals surface area (Å²) >= 11 is 0. The molecule has 0 atom stereocenters. The summed E-state index contributed by atoms with van der Waals surface area (Å²) in [5.74, 6) is 0. The van der Waals surface area contributed by atoms with Crippen molar-refractivity contribution in [1.29, 1.82) is 0 Å². The molecule has 0 spiro atoms. The maximum Gasteiger partial charge on any atom is 0.0428 e. The zero-order valence-electron chi connectivity index (χ0n) is 7.55. The van der Waals surface area contributed by atoms with Crippen LogP contribution in [0.3, 0.4) is 0 Å². The van der Waals surface area contributed by atoms with Crippen LogP contribution in [0.5, 0.6) is 0 Å². The molecule has 11 heavy (non-hydrogen) atoms. The Morgan fingerprint density at radius 1 is 1.27 bits per heavy atom. The molecule has 0 bridgehead atoms. The van der Waals surface area contributed by atoms with Crippen molar-refractivity contribution in [1.82, 2.24) is 0 Å². The molecule has 0 amide bonds. The van der Waals surface area contributed by atoms with Gasteiger partial charge in [-0.15, -0.1) is 0 Å². The van der Waals surface area contributed by atoms with Crippen molar-refractivity contribution in [3.63, 3.8) is 0 Å². The van der Waals surface area contributed by atoms with Gasteiger partial charge < -0.3 is 10.8 Å². The van der Waals surface area contributed by atoms with E-state index >= 15 is 0 Å². The van der Waals surface area contributed by atoms with Gasteiger partial charge in [-0.1, -0.05) is 26.2 Å². The number of nitrogens with two attached hydrogens (primary N) is 1. The summed E-state index contributed by atoms with van der Waals surface area (Å²) in [6.45, 7) is 2.25. The standard InChI is InChI=1S/C6H13N.C3H8O/c7-6-4-2-1-3-5-6;1-2-3-4/h6H,1-5,7H2;4H,2-3H2,1H3. The highest BCUT2D eigenvalue weighted by molar-refractivity contribution is 4.66. The van der Waals surface area contributed by atoms with Crippen LogP contribution in [0.1, 0.15) is 45.4 Å². The molecule has 0 aromatic carbocycles. The molecule has 2 heteroatoms. The number of hydrogen-bond donors (Lipinski definition) is 2. The van der Waals surface area contributed by atoms with Gasteiger partial charge in [-0.3, -0.25) is 0 Å². The van der Waals surface area contributed by atoms with Gasteiger partial charge in [0.25, 0.3) is 0 Å². The van der Waals surface area contributed by atoms with Crippen molar-refractivity contribution in [3.05, 3.63) is 0 Å². The van der Waals surface area contributed by atoms with Crippen molar-refractivity contribution >= 4 is 0 Å². The molecular formula is C9H21NO. The Bertz CT molecular complexity index is 68.0. The molecule has 68 valence electrons. The van der Waals surface area contributed by atoms with E-state index in [1.165, 1.54) is 32.1 Å². The Morgan fingerprint density at radius 2 is 1.73 bits per heavy atom. The van der Waals surface area contributed by atoms with Gasteiger partial charge in [0.2, 0.25) is 0 Å². The average molecular weight is 159 g/mol. The van der Waals surface area contributed by atoms with Gasteiger partial charge in [0.05, 0.1) is 0 Å². The zero-order valence-corrected chi connectivity index (χ0v) is 7.55. The number of aliphatic hydroxyl groups excluding tert-OH is 1. The molecule has 1 aliphatic rings. The minimum atomic E-state index is 0.319. The highest BCUT2D eigenvalue weighted by Gasteiger charge is 2.06. The van der Waals surface area contributed by atoms with Crippen LogP contribution in [-0.4, -0.2) is 17.8 Å². The molecule has 1 fully saturated rings. The third kappa shape index (κ3) is 7.82. The van der Waals surface area contributed by atoms with Crippen LogP contribution in [-0.2, 0) is 0 Å². The molecule has 0 unspecified atom stereocenters. The second-order valence-electron chi connectivity index (χ2n) is 3.12. The zero-order chi connectivity index (χ0) is 8.53. The number of hydrogen-bond acceptors (Lipinski definition) is 2. The topological polar surface area (TPSA) is 46.2 Å². The molecule has 0 aromatic rings. The molecule has 1 rings (SSSR count). The van der Waals surface area contributed by atoms with E-state index in [9.17, 15) is 0 Å². The molecule has 3 N–H and O–H groups in total. The first kappa shape index (κ1) is 10.9. The van der Waals surface area contributed by atoms with Crippen molar-refractivity contribution in [2.45, 2.75) is 51.5 Å². The summed E-state index contributed by atoms with van der Waals surface area (Å²) in [4.78, 5) is 0. The Labute approximate surface area is 69.8 Å². The van der Waals surface area contributed by atoms with Crippen LogP contribution >= 0.6 is 0 Å². The largest absolute Gasteiger partial charge is 0.396 e. The lowest BCUT2D eigenvalue weighted by Gasteiger charge is -2.15. The normalized spacial score (nSPS) is 18.8. The fourth-order valence-corrected chi connectivity index (χ4v) is 1.13. The molecule has 1 saturated carbocycles. The highest BCUT2D eigenvalue weighted by atomic mass is 16.2.